The van der Waals surface area contributed by atoms with E-state index in [1.165, 1.54) is 24.2 Å². The van der Waals surface area contributed by atoms with Crippen LogP contribution in [0.3, 0.4) is 0 Å². The lowest BCUT2D eigenvalue weighted by Crippen LogP contribution is -2.36. The van der Waals surface area contributed by atoms with Crippen LogP contribution in [0.4, 0.5) is 0 Å². The maximum absolute atomic E-state index is 6.33. The second kappa shape index (κ2) is 7.23. The summed E-state index contributed by atoms with van der Waals surface area (Å²) >= 11 is 0. The van der Waals surface area contributed by atoms with Gasteiger partial charge in [-0.1, -0.05) is 6.92 Å². The normalized spacial score (nSPS) is 23.6. The zero-order chi connectivity index (χ0) is 14.5. The molecule has 1 aliphatic rings. The van der Waals surface area contributed by atoms with Crippen molar-refractivity contribution in [2.75, 3.05) is 6.61 Å². The van der Waals surface area contributed by atoms with Crippen molar-refractivity contribution >= 4 is 0 Å². The molecule has 1 aromatic rings. The van der Waals surface area contributed by atoms with Gasteiger partial charge >= 0.3 is 0 Å². The molecule has 1 fully saturated rings. The van der Waals surface area contributed by atoms with Gasteiger partial charge in [0.2, 0.25) is 0 Å². The summed E-state index contributed by atoms with van der Waals surface area (Å²) in [5.74, 6) is 0.755. The van der Waals surface area contributed by atoms with Crippen molar-refractivity contribution in [1.82, 2.24) is 9.78 Å². The molecule has 4 heteroatoms. The molecule has 0 aliphatic heterocycles. The summed E-state index contributed by atoms with van der Waals surface area (Å²) in [5.41, 5.74) is 8.79. The van der Waals surface area contributed by atoms with Crippen LogP contribution in [0.15, 0.2) is 6.07 Å². The van der Waals surface area contributed by atoms with Crippen molar-refractivity contribution in [1.29, 1.82) is 0 Å². The van der Waals surface area contributed by atoms with Gasteiger partial charge in [0.1, 0.15) is 0 Å². The summed E-state index contributed by atoms with van der Waals surface area (Å²) in [6.45, 7) is 8.11. The molecule has 1 atom stereocenters. The number of hydrogen-bond donors (Lipinski definition) is 1. The van der Waals surface area contributed by atoms with Crippen molar-refractivity contribution < 1.29 is 4.74 Å². The molecule has 4 nitrogen and oxygen atoms in total. The van der Waals surface area contributed by atoms with E-state index in [9.17, 15) is 0 Å². The fraction of sp³-hybridized carbons (Fsp3) is 0.812. The molecule has 0 aromatic carbocycles. The largest absolute Gasteiger partial charge is 0.378 e. The first-order valence-corrected chi connectivity index (χ1v) is 8.08. The van der Waals surface area contributed by atoms with Crippen LogP contribution in [0.25, 0.3) is 0 Å². The SMILES string of the molecule is CCOC1CC(CC(N)Cc2cc(CC)nn2CC)C1. The molecule has 2 rings (SSSR count). The van der Waals surface area contributed by atoms with Crippen LogP contribution in [0.2, 0.25) is 0 Å². The molecule has 20 heavy (non-hydrogen) atoms. The average molecular weight is 279 g/mol. The molecule has 1 aromatic heterocycles. The minimum atomic E-state index is 0.245. The Labute approximate surface area is 122 Å². The highest BCUT2D eigenvalue weighted by Gasteiger charge is 2.30. The molecule has 1 saturated carbocycles. The minimum absolute atomic E-state index is 0.245. The van der Waals surface area contributed by atoms with E-state index in [0.717, 1.165) is 38.3 Å². The molecule has 0 bridgehead atoms. The summed E-state index contributed by atoms with van der Waals surface area (Å²) < 4.78 is 7.71. The van der Waals surface area contributed by atoms with E-state index < -0.39 is 0 Å². The lowest BCUT2D eigenvalue weighted by molar-refractivity contribution is -0.0281. The van der Waals surface area contributed by atoms with Gasteiger partial charge in [-0.05, 0) is 51.5 Å². The Hall–Kier alpha value is -0.870. The Morgan fingerprint density at radius 1 is 1.40 bits per heavy atom. The van der Waals surface area contributed by atoms with Gasteiger partial charge in [-0.15, -0.1) is 0 Å². The van der Waals surface area contributed by atoms with Crippen LogP contribution < -0.4 is 5.73 Å². The molecule has 0 radical (unpaired) electrons. The van der Waals surface area contributed by atoms with E-state index in [-0.39, 0.29) is 6.04 Å². The van der Waals surface area contributed by atoms with Crippen LogP contribution in [-0.4, -0.2) is 28.5 Å². The van der Waals surface area contributed by atoms with Crippen LogP contribution >= 0.6 is 0 Å². The summed E-state index contributed by atoms with van der Waals surface area (Å²) in [4.78, 5) is 0. The molecule has 2 N–H and O–H groups in total. The van der Waals surface area contributed by atoms with Crippen molar-refractivity contribution in [3.63, 3.8) is 0 Å². The fourth-order valence-electron chi connectivity index (χ4n) is 3.14. The molecule has 0 spiro atoms. The smallest absolute Gasteiger partial charge is 0.0624 e. The van der Waals surface area contributed by atoms with Gasteiger partial charge in [-0.3, -0.25) is 4.68 Å². The minimum Gasteiger partial charge on any atom is -0.378 e. The predicted octanol–water partition coefficient (Wildman–Crippen LogP) is 2.54. The summed E-state index contributed by atoms with van der Waals surface area (Å²) in [7, 11) is 0. The zero-order valence-corrected chi connectivity index (χ0v) is 13.1. The third kappa shape index (κ3) is 3.83. The molecule has 0 saturated heterocycles. The quantitative estimate of drug-likeness (QED) is 0.795. The summed E-state index contributed by atoms with van der Waals surface area (Å²) in [5, 5.41) is 4.59. The van der Waals surface area contributed by atoms with Crippen molar-refractivity contribution in [2.24, 2.45) is 11.7 Å². The molecule has 1 unspecified atom stereocenters. The molecular formula is C16H29N3O. The van der Waals surface area contributed by atoms with Crippen LogP contribution in [-0.2, 0) is 24.1 Å². The van der Waals surface area contributed by atoms with Gasteiger partial charge in [0.15, 0.2) is 0 Å². The summed E-state index contributed by atoms with van der Waals surface area (Å²) in [6, 6.07) is 2.46. The maximum Gasteiger partial charge on any atom is 0.0624 e. The van der Waals surface area contributed by atoms with Gasteiger partial charge < -0.3 is 10.5 Å². The summed E-state index contributed by atoms with van der Waals surface area (Å²) in [6.07, 6.45) is 5.92. The number of nitrogens with two attached hydrogens (primary N) is 1. The van der Waals surface area contributed by atoms with E-state index >= 15 is 0 Å². The van der Waals surface area contributed by atoms with Crippen molar-refractivity contribution in [3.05, 3.63) is 17.5 Å². The second-order valence-corrected chi connectivity index (χ2v) is 5.91. The highest BCUT2D eigenvalue weighted by Crippen LogP contribution is 2.33. The average Bonchev–Trinajstić information content (AvgIpc) is 2.78. The van der Waals surface area contributed by atoms with E-state index in [1.807, 2.05) is 0 Å². The lowest BCUT2D eigenvalue weighted by atomic mass is 9.78. The van der Waals surface area contributed by atoms with E-state index in [1.54, 1.807) is 0 Å². The maximum atomic E-state index is 6.33. The van der Waals surface area contributed by atoms with Crippen LogP contribution in [0.1, 0.15) is 51.4 Å². The first-order valence-electron chi connectivity index (χ1n) is 8.08. The molecule has 114 valence electrons. The Morgan fingerprint density at radius 2 is 2.15 bits per heavy atom. The van der Waals surface area contributed by atoms with Crippen molar-refractivity contribution in [3.8, 4) is 0 Å². The Balaban J connectivity index is 1.80. The second-order valence-electron chi connectivity index (χ2n) is 5.91. The highest BCUT2D eigenvalue weighted by atomic mass is 16.5. The predicted molar refractivity (Wildman–Crippen MR) is 81.7 cm³/mol. The van der Waals surface area contributed by atoms with E-state index in [4.69, 9.17) is 10.5 Å². The lowest BCUT2D eigenvalue weighted by Gasteiger charge is -2.36. The topological polar surface area (TPSA) is 53.1 Å². The number of nitrogens with zero attached hydrogens (tertiary/aromatic N) is 2. The Morgan fingerprint density at radius 3 is 2.75 bits per heavy atom. The molecule has 1 aliphatic carbocycles. The number of aryl methyl sites for hydroxylation is 2. The number of hydrogen-bond acceptors (Lipinski definition) is 3. The standard InChI is InChI=1S/C16H29N3O/c1-4-14-11-15(19(5-2)18-14)10-13(17)7-12-8-16(9-12)20-6-3/h11-13,16H,4-10,17H2,1-3H3. The van der Waals surface area contributed by atoms with E-state index in [0.29, 0.717) is 6.10 Å². The first-order chi connectivity index (χ1) is 9.66. The van der Waals surface area contributed by atoms with Crippen LogP contribution in [0.5, 0.6) is 0 Å². The third-order valence-electron chi connectivity index (χ3n) is 4.28. The van der Waals surface area contributed by atoms with Gasteiger partial charge in [0, 0.05) is 31.3 Å². The van der Waals surface area contributed by atoms with Crippen molar-refractivity contribution in [2.45, 2.75) is 71.6 Å². The van der Waals surface area contributed by atoms with E-state index in [2.05, 4.69) is 36.6 Å². The number of ether oxygens (including phenoxy) is 1. The molecule has 0 amide bonds. The van der Waals surface area contributed by atoms with Crippen LogP contribution in [0, 0.1) is 5.92 Å². The Bertz CT molecular complexity index is 410. The third-order valence-corrected chi connectivity index (χ3v) is 4.28. The fourth-order valence-corrected chi connectivity index (χ4v) is 3.14. The molecule has 1 heterocycles. The van der Waals surface area contributed by atoms with Gasteiger partial charge in [0.05, 0.1) is 11.8 Å². The number of aromatic nitrogens is 2. The Kier molecular flexibility index (Phi) is 5.61. The monoisotopic (exact) mass is 279 g/mol. The van der Waals surface area contributed by atoms with Gasteiger partial charge in [-0.2, -0.15) is 5.10 Å². The zero-order valence-electron chi connectivity index (χ0n) is 13.1. The molecular weight excluding hydrogens is 250 g/mol. The van der Waals surface area contributed by atoms with Gasteiger partial charge in [-0.25, -0.2) is 0 Å². The number of rotatable bonds is 8. The first kappa shape index (κ1) is 15.5. The highest BCUT2D eigenvalue weighted by molar-refractivity contribution is 5.12. The van der Waals surface area contributed by atoms with Gasteiger partial charge in [0.25, 0.3) is 0 Å².